The van der Waals surface area contributed by atoms with E-state index >= 15 is 0 Å². The average molecular weight is 263 g/mol. The molecule has 1 fully saturated rings. The van der Waals surface area contributed by atoms with Crippen LogP contribution < -0.4 is 0 Å². The van der Waals surface area contributed by atoms with Crippen LogP contribution in [-0.4, -0.2) is 35.8 Å². The van der Waals surface area contributed by atoms with E-state index in [9.17, 15) is 5.11 Å². The van der Waals surface area contributed by atoms with Crippen LogP contribution in [0.4, 0.5) is 0 Å². The molecular weight excluding hydrogens is 238 g/mol. The van der Waals surface area contributed by atoms with Crippen LogP contribution in [0, 0.1) is 6.92 Å². The number of aryl methyl sites for hydroxylation is 1. The minimum Gasteiger partial charge on any atom is -0.508 e. The van der Waals surface area contributed by atoms with Crippen LogP contribution in [0.15, 0.2) is 18.2 Å². The number of likely N-dealkylation sites (tertiary alicyclic amines) is 1. The molecule has 1 aliphatic heterocycles. The third kappa shape index (κ3) is 3.48. The highest BCUT2D eigenvalue weighted by atomic mass is 16.5. The molecule has 1 heterocycles. The largest absolute Gasteiger partial charge is 0.508 e. The maximum absolute atomic E-state index is 10.1. The van der Waals surface area contributed by atoms with Crippen molar-refractivity contribution < 1.29 is 9.84 Å². The Morgan fingerprint density at radius 2 is 2.26 bits per heavy atom. The molecule has 0 spiro atoms. The molecule has 1 aliphatic rings. The van der Waals surface area contributed by atoms with E-state index in [1.165, 1.54) is 6.42 Å². The topological polar surface area (TPSA) is 32.7 Å². The molecule has 0 aliphatic carbocycles. The zero-order valence-corrected chi connectivity index (χ0v) is 12.2. The van der Waals surface area contributed by atoms with E-state index < -0.39 is 0 Å². The molecule has 1 aromatic rings. The number of nitrogens with zero attached hydrogens (tertiary/aromatic N) is 1. The van der Waals surface area contributed by atoms with E-state index in [-0.39, 0.29) is 6.04 Å². The summed E-state index contributed by atoms with van der Waals surface area (Å²) in [5.74, 6) is 0.408. The zero-order valence-electron chi connectivity index (χ0n) is 12.2. The summed E-state index contributed by atoms with van der Waals surface area (Å²) in [6.07, 6.45) is 2.66. The van der Waals surface area contributed by atoms with Crippen LogP contribution in [0.5, 0.6) is 5.75 Å². The van der Waals surface area contributed by atoms with Crippen molar-refractivity contribution in [1.29, 1.82) is 0 Å². The fourth-order valence-electron chi connectivity index (χ4n) is 2.89. The third-order valence-electron chi connectivity index (χ3n) is 4.00. The van der Waals surface area contributed by atoms with Gasteiger partial charge in [0.05, 0.1) is 6.10 Å². The highest BCUT2D eigenvalue weighted by molar-refractivity contribution is 5.37. The van der Waals surface area contributed by atoms with Crippen molar-refractivity contribution in [2.45, 2.75) is 45.8 Å². The van der Waals surface area contributed by atoms with Gasteiger partial charge in [-0.15, -0.1) is 0 Å². The molecule has 3 nitrogen and oxygen atoms in total. The Morgan fingerprint density at radius 1 is 1.47 bits per heavy atom. The number of phenolic OH excluding ortho intramolecular Hbond substituents is 1. The van der Waals surface area contributed by atoms with E-state index in [2.05, 4.69) is 17.9 Å². The highest BCUT2D eigenvalue weighted by Crippen LogP contribution is 2.31. The lowest BCUT2D eigenvalue weighted by Crippen LogP contribution is -2.41. The summed E-state index contributed by atoms with van der Waals surface area (Å²) >= 11 is 0. The molecule has 106 valence electrons. The molecule has 1 saturated heterocycles. The first kappa shape index (κ1) is 14.4. The molecule has 19 heavy (non-hydrogen) atoms. The Bertz CT molecular complexity index is 417. The molecule has 0 aromatic heterocycles. The minimum absolute atomic E-state index is 0.240. The van der Waals surface area contributed by atoms with Crippen molar-refractivity contribution in [3.05, 3.63) is 29.3 Å². The minimum atomic E-state index is 0.240. The van der Waals surface area contributed by atoms with Gasteiger partial charge in [0, 0.05) is 24.8 Å². The Kier molecular flexibility index (Phi) is 4.83. The zero-order chi connectivity index (χ0) is 13.8. The molecule has 1 N–H and O–H groups in total. The van der Waals surface area contributed by atoms with Crippen molar-refractivity contribution in [3.8, 4) is 5.75 Å². The van der Waals surface area contributed by atoms with Crippen LogP contribution in [0.25, 0.3) is 0 Å². The monoisotopic (exact) mass is 263 g/mol. The number of ether oxygens (including phenoxy) is 1. The normalized spacial score (nSPS) is 22.4. The summed E-state index contributed by atoms with van der Waals surface area (Å²) in [5, 5.41) is 10.1. The van der Waals surface area contributed by atoms with E-state index in [4.69, 9.17) is 4.74 Å². The van der Waals surface area contributed by atoms with Crippen LogP contribution in [0.3, 0.4) is 0 Å². The van der Waals surface area contributed by atoms with Gasteiger partial charge >= 0.3 is 0 Å². The number of hydrogen-bond donors (Lipinski definition) is 1. The summed E-state index contributed by atoms with van der Waals surface area (Å²) in [4.78, 5) is 2.41. The molecule has 0 saturated carbocycles. The first-order valence-electron chi connectivity index (χ1n) is 7.27. The molecule has 3 heteroatoms. The van der Waals surface area contributed by atoms with E-state index in [0.717, 1.165) is 37.2 Å². The quantitative estimate of drug-likeness (QED) is 0.905. The van der Waals surface area contributed by atoms with Gasteiger partial charge in [0.2, 0.25) is 0 Å². The van der Waals surface area contributed by atoms with Gasteiger partial charge in [0.1, 0.15) is 5.75 Å². The summed E-state index contributed by atoms with van der Waals surface area (Å²) < 4.78 is 5.74. The van der Waals surface area contributed by atoms with Crippen LogP contribution in [0.1, 0.15) is 43.9 Å². The predicted molar refractivity (Wildman–Crippen MR) is 77.5 cm³/mol. The summed E-state index contributed by atoms with van der Waals surface area (Å²) in [7, 11) is 0. The molecule has 2 rings (SSSR count). The molecular formula is C16H25NO2. The van der Waals surface area contributed by atoms with Gasteiger partial charge in [-0.25, -0.2) is 0 Å². The second kappa shape index (κ2) is 6.40. The van der Waals surface area contributed by atoms with Gasteiger partial charge in [0.25, 0.3) is 0 Å². The summed E-state index contributed by atoms with van der Waals surface area (Å²) in [6, 6.07) is 6.19. The fourth-order valence-corrected chi connectivity index (χ4v) is 2.89. The third-order valence-corrected chi connectivity index (χ3v) is 4.00. The van der Waals surface area contributed by atoms with Crippen molar-refractivity contribution in [3.63, 3.8) is 0 Å². The Morgan fingerprint density at radius 3 is 2.95 bits per heavy atom. The lowest BCUT2D eigenvalue weighted by atomic mass is 10.00. The Labute approximate surface area is 116 Å². The van der Waals surface area contributed by atoms with Gasteiger partial charge < -0.3 is 9.84 Å². The standard InChI is InChI=1S/C16H25NO2/c1-4-19-14-6-5-9-17(11-14)13(3)15-8-7-12(2)10-16(15)18/h7-8,10,13-14,18H,4-6,9,11H2,1-3H3. The second-order valence-electron chi connectivity index (χ2n) is 5.45. The van der Waals surface area contributed by atoms with Gasteiger partial charge in [-0.05, 0) is 51.8 Å². The van der Waals surface area contributed by atoms with Crippen molar-refractivity contribution in [2.24, 2.45) is 0 Å². The van der Waals surface area contributed by atoms with E-state index in [0.29, 0.717) is 11.9 Å². The fraction of sp³-hybridized carbons (Fsp3) is 0.625. The number of rotatable bonds is 4. The van der Waals surface area contributed by atoms with Crippen molar-refractivity contribution in [1.82, 2.24) is 4.90 Å². The predicted octanol–water partition coefficient (Wildman–Crippen LogP) is 3.26. The second-order valence-corrected chi connectivity index (χ2v) is 5.45. The molecule has 2 atom stereocenters. The Balaban J connectivity index is 2.07. The Hall–Kier alpha value is -1.06. The first-order chi connectivity index (χ1) is 9.11. The van der Waals surface area contributed by atoms with E-state index in [1.807, 2.05) is 26.0 Å². The number of aromatic hydroxyl groups is 1. The molecule has 0 amide bonds. The summed E-state index contributed by atoms with van der Waals surface area (Å²) in [5.41, 5.74) is 2.11. The van der Waals surface area contributed by atoms with E-state index in [1.54, 1.807) is 0 Å². The maximum atomic E-state index is 10.1. The first-order valence-corrected chi connectivity index (χ1v) is 7.27. The van der Waals surface area contributed by atoms with Gasteiger partial charge in [-0.2, -0.15) is 0 Å². The number of piperidine rings is 1. The number of hydrogen-bond acceptors (Lipinski definition) is 3. The smallest absolute Gasteiger partial charge is 0.120 e. The lowest BCUT2D eigenvalue weighted by molar-refractivity contribution is -0.00563. The SMILES string of the molecule is CCOC1CCCN(C(C)c2ccc(C)cc2O)C1. The number of benzene rings is 1. The van der Waals surface area contributed by atoms with Gasteiger partial charge in [0.15, 0.2) is 0 Å². The van der Waals surface area contributed by atoms with Gasteiger partial charge in [-0.3, -0.25) is 4.90 Å². The molecule has 0 bridgehead atoms. The van der Waals surface area contributed by atoms with Crippen molar-refractivity contribution in [2.75, 3.05) is 19.7 Å². The molecule has 0 radical (unpaired) electrons. The summed E-state index contributed by atoms with van der Waals surface area (Å²) in [6.45, 7) is 9.04. The van der Waals surface area contributed by atoms with Gasteiger partial charge in [-0.1, -0.05) is 12.1 Å². The van der Waals surface area contributed by atoms with Crippen molar-refractivity contribution >= 4 is 0 Å². The lowest BCUT2D eigenvalue weighted by Gasteiger charge is -2.37. The van der Waals surface area contributed by atoms with Crippen LogP contribution in [-0.2, 0) is 4.74 Å². The van der Waals surface area contributed by atoms with Crippen LogP contribution in [0.2, 0.25) is 0 Å². The highest BCUT2D eigenvalue weighted by Gasteiger charge is 2.25. The van der Waals surface area contributed by atoms with Crippen LogP contribution >= 0.6 is 0 Å². The molecule has 2 unspecified atom stereocenters. The molecule has 1 aromatic carbocycles. The average Bonchev–Trinajstić information content (AvgIpc) is 2.39. The number of phenols is 1. The maximum Gasteiger partial charge on any atom is 0.120 e.